The molecule has 8 nitrogen and oxygen atoms in total. The zero-order chi connectivity index (χ0) is 26.2. The van der Waals surface area contributed by atoms with Gasteiger partial charge in [0.25, 0.3) is 0 Å². The lowest BCUT2D eigenvalue weighted by atomic mass is 10.1. The summed E-state index contributed by atoms with van der Waals surface area (Å²) in [4.78, 5) is 13.9. The summed E-state index contributed by atoms with van der Waals surface area (Å²) in [5.74, 6) is -0.654. The van der Waals surface area contributed by atoms with E-state index in [1.54, 1.807) is 18.7 Å². The highest BCUT2D eigenvalue weighted by Crippen LogP contribution is 2.34. The summed E-state index contributed by atoms with van der Waals surface area (Å²) in [6, 6.07) is 8.60. The summed E-state index contributed by atoms with van der Waals surface area (Å²) in [6.07, 6.45) is -3.64. The highest BCUT2D eigenvalue weighted by molar-refractivity contribution is 7.91. The van der Waals surface area contributed by atoms with Crippen LogP contribution in [0, 0.1) is 0 Å². The van der Waals surface area contributed by atoms with Gasteiger partial charge in [-0.2, -0.15) is 17.5 Å². The number of amides is 1. The number of anilines is 1. The van der Waals surface area contributed by atoms with E-state index >= 15 is 0 Å². The Balaban J connectivity index is 1.73. The van der Waals surface area contributed by atoms with Crippen LogP contribution in [0.15, 0.2) is 58.3 Å². The third-order valence-corrected chi connectivity index (χ3v) is 8.83. The second kappa shape index (κ2) is 9.88. The minimum atomic E-state index is -4.62. The summed E-state index contributed by atoms with van der Waals surface area (Å²) in [5, 5.41) is 2.29. The molecule has 0 saturated carbocycles. The van der Waals surface area contributed by atoms with Crippen molar-refractivity contribution in [1.29, 1.82) is 0 Å². The standard InChI is InChI=1S/C22H26F3N3O5S2/c1-15-12-27(14-21(29)26-20-10-5-4-9-19(20)22(23,24)25)13-16(2)28(15)35(32,33)18-8-6-7-17(11-18)34(3,30)31/h4-11,15-16H,12-14H2,1-3H3,(H,26,29). The maximum atomic E-state index is 13.3. The van der Waals surface area contributed by atoms with Crippen LogP contribution < -0.4 is 5.32 Å². The Morgan fingerprint density at radius 2 is 1.54 bits per heavy atom. The third kappa shape index (κ3) is 6.21. The van der Waals surface area contributed by atoms with Gasteiger partial charge in [-0.05, 0) is 44.2 Å². The Kier molecular flexibility index (Phi) is 7.65. The zero-order valence-electron chi connectivity index (χ0n) is 19.3. The van der Waals surface area contributed by atoms with E-state index in [4.69, 9.17) is 0 Å². The summed E-state index contributed by atoms with van der Waals surface area (Å²) < 4.78 is 91.2. The van der Waals surface area contributed by atoms with Crippen molar-refractivity contribution in [1.82, 2.24) is 9.21 Å². The molecule has 2 aromatic rings. The molecule has 192 valence electrons. The normalized spacial score (nSPS) is 20.5. The molecule has 0 aromatic heterocycles. The number of nitrogens with one attached hydrogen (secondary N) is 1. The summed E-state index contributed by atoms with van der Waals surface area (Å²) in [5.41, 5.74) is -1.31. The molecule has 13 heteroatoms. The van der Waals surface area contributed by atoms with Crippen LogP contribution in [0.5, 0.6) is 0 Å². The van der Waals surface area contributed by atoms with Gasteiger partial charge in [-0.3, -0.25) is 9.69 Å². The molecule has 3 rings (SSSR count). The van der Waals surface area contributed by atoms with E-state index in [0.717, 1.165) is 18.4 Å². The van der Waals surface area contributed by atoms with Crippen LogP contribution in [0.25, 0.3) is 0 Å². The van der Waals surface area contributed by atoms with Crippen LogP contribution in [0.1, 0.15) is 19.4 Å². The van der Waals surface area contributed by atoms with Crippen LogP contribution in [-0.4, -0.2) is 69.9 Å². The van der Waals surface area contributed by atoms with E-state index in [0.29, 0.717) is 0 Å². The monoisotopic (exact) mass is 533 g/mol. The van der Waals surface area contributed by atoms with Crippen molar-refractivity contribution in [2.75, 3.05) is 31.2 Å². The van der Waals surface area contributed by atoms with Gasteiger partial charge in [0.1, 0.15) is 0 Å². The number of carbonyl (C=O) groups excluding carboxylic acids is 1. The van der Waals surface area contributed by atoms with Gasteiger partial charge >= 0.3 is 6.18 Å². The summed E-state index contributed by atoms with van der Waals surface area (Å²) in [7, 11) is -7.66. The van der Waals surface area contributed by atoms with Gasteiger partial charge in [0, 0.05) is 31.4 Å². The number of para-hydroxylation sites is 1. The number of benzene rings is 2. The average molecular weight is 534 g/mol. The first kappa shape index (κ1) is 27.1. The number of carbonyl (C=O) groups is 1. The molecular formula is C22H26F3N3O5S2. The molecule has 0 bridgehead atoms. The molecule has 1 fully saturated rings. The van der Waals surface area contributed by atoms with Crippen molar-refractivity contribution in [3.05, 3.63) is 54.1 Å². The first-order valence-corrected chi connectivity index (χ1v) is 14.0. The lowest BCUT2D eigenvalue weighted by Crippen LogP contribution is -2.59. The van der Waals surface area contributed by atoms with E-state index in [1.807, 2.05) is 0 Å². The summed E-state index contributed by atoms with van der Waals surface area (Å²) >= 11 is 0. The Bertz CT molecular complexity index is 1300. The number of piperazine rings is 1. The number of alkyl halides is 3. The second-order valence-electron chi connectivity index (χ2n) is 8.57. The second-order valence-corrected chi connectivity index (χ2v) is 12.4. The molecule has 0 aliphatic carbocycles. The molecule has 1 saturated heterocycles. The highest BCUT2D eigenvalue weighted by Gasteiger charge is 2.39. The van der Waals surface area contributed by atoms with Crippen molar-refractivity contribution in [3.8, 4) is 0 Å². The number of nitrogens with zero attached hydrogens (tertiary/aromatic N) is 2. The van der Waals surface area contributed by atoms with Gasteiger partial charge in [-0.15, -0.1) is 0 Å². The maximum Gasteiger partial charge on any atom is 0.418 e. The first-order chi connectivity index (χ1) is 16.1. The molecule has 0 radical (unpaired) electrons. The van der Waals surface area contributed by atoms with Crippen LogP contribution in [0.2, 0.25) is 0 Å². The number of halogens is 3. The molecule has 35 heavy (non-hydrogen) atoms. The third-order valence-electron chi connectivity index (χ3n) is 5.60. The Labute approximate surface area is 202 Å². The molecule has 0 spiro atoms. The van der Waals surface area contributed by atoms with Gasteiger partial charge in [-0.25, -0.2) is 16.8 Å². The lowest BCUT2D eigenvalue weighted by molar-refractivity contribution is -0.137. The lowest BCUT2D eigenvalue weighted by Gasteiger charge is -2.43. The Hall–Kier alpha value is -2.48. The van der Waals surface area contributed by atoms with Gasteiger partial charge in [0.05, 0.1) is 27.6 Å². The van der Waals surface area contributed by atoms with Gasteiger partial charge in [0.15, 0.2) is 9.84 Å². The van der Waals surface area contributed by atoms with Crippen molar-refractivity contribution in [2.24, 2.45) is 0 Å². The predicted octanol–water partition coefficient (Wildman–Crippen LogP) is 2.83. The van der Waals surface area contributed by atoms with E-state index in [-0.39, 0.29) is 35.1 Å². The Morgan fingerprint density at radius 1 is 0.971 bits per heavy atom. The fraction of sp³-hybridized carbons (Fsp3) is 0.409. The van der Waals surface area contributed by atoms with Crippen LogP contribution in [-0.2, 0) is 30.8 Å². The average Bonchev–Trinajstić information content (AvgIpc) is 2.72. The molecule has 2 aromatic carbocycles. The van der Waals surface area contributed by atoms with E-state index < -0.39 is 49.6 Å². The summed E-state index contributed by atoms with van der Waals surface area (Å²) in [6.45, 7) is 3.39. The molecule has 1 aliphatic heterocycles. The fourth-order valence-corrected chi connectivity index (χ4v) is 6.83. The Morgan fingerprint density at radius 3 is 2.11 bits per heavy atom. The predicted molar refractivity (Wildman–Crippen MR) is 124 cm³/mol. The van der Waals surface area contributed by atoms with Crippen molar-refractivity contribution in [2.45, 2.75) is 41.9 Å². The van der Waals surface area contributed by atoms with Crippen LogP contribution in [0.3, 0.4) is 0 Å². The van der Waals surface area contributed by atoms with Crippen molar-refractivity contribution >= 4 is 31.5 Å². The van der Waals surface area contributed by atoms with Gasteiger partial charge in [-0.1, -0.05) is 18.2 Å². The van der Waals surface area contributed by atoms with E-state index in [2.05, 4.69) is 5.32 Å². The SMILES string of the molecule is CC1CN(CC(=O)Nc2ccccc2C(F)(F)F)CC(C)N1S(=O)(=O)c1cccc(S(C)(=O)=O)c1. The minimum absolute atomic E-state index is 0.117. The van der Waals surface area contributed by atoms with E-state index in [9.17, 15) is 34.8 Å². The van der Waals surface area contributed by atoms with E-state index in [1.165, 1.54) is 40.7 Å². The van der Waals surface area contributed by atoms with Crippen LogP contribution in [0.4, 0.5) is 18.9 Å². The quantitative estimate of drug-likeness (QED) is 0.613. The molecule has 1 aliphatic rings. The molecule has 2 unspecified atom stereocenters. The van der Waals surface area contributed by atoms with Crippen molar-refractivity contribution in [3.63, 3.8) is 0 Å². The number of sulfonamides is 1. The first-order valence-electron chi connectivity index (χ1n) is 10.6. The number of hydrogen-bond donors (Lipinski definition) is 1. The zero-order valence-corrected chi connectivity index (χ0v) is 20.9. The largest absolute Gasteiger partial charge is 0.418 e. The molecule has 1 amide bonds. The highest BCUT2D eigenvalue weighted by atomic mass is 32.2. The molecule has 1 N–H and O–H groups in total. The van der Waals surface area contributed by atoms with Crippen molar-refractivity contribution < 1.29 is 34.8 Å². The number of hydrogen-bond acceptors (Lipinski definition) is 6. The topological polar surface area (TPSA) is 104 Å². The molecular weight excluding hydrogens is 507 g/mol. The maximum absolute atomic E-state index is 13.3. The number of sulfone groups is 1. The smallest absolute Gasteiger partial charge is 0.324 e. The van der Waals surface area contributed by atoms with Gasteiger partial charge < -0.3 is 5.32 Å². The number of rotatable bonds is 6. The molecule has 2 atom stereocenters. The van der Waals surface area contributed by atoms with Crippen LogP contribution >= 0.6 is 0 Å². The minimum Gasteiger partial charge on any atom is -0.324 e. The van der Waals surface area contributed by atoms with Gasteiger partial charge in [0.2, 0.25) is 15.9 Å². The fourth-order valence-electron chi connectivity index (χ4n) is 4.24. The molecule has 1 heterocycles.